The number of methoxy groups -OCH3 is 1. The molecule has 0 spiro atoms. The molecule has 0 aliphatic carbocycles. The van der Waals surface area contributed by atoms with E-state index in [2.05, 4.69) is 5.32 Å². The van der Waals surface area contributed by atoms with E-state index in [1.807, 2.05) is 25.1 Å². The second kappa shape index (κ2) is 7.89. The van der Waals surface area contributed by atoms with Crippen LogP contribution in [0.4, 0.5) is 5.00 Å². The Bertz CT molecular complexity index is 1120. The number of ether oxygens (including phenoxy) is 1. The molecule has 0 radical (unpaired) electrons. The molecule has 1 amide bonds. The van der Waals surface area contributed by atoms with Gasteiger partial charge in [0.2, 0.25) is 0 Å². The van der Waals surface area contributed by atoms with Gasteiger partial charge in [-0.25, -0.2) is 4.79 Å². The summed E-state index contributed by atoms with van der Waals surface area (Å²) in [7, 11) is 1.26. The van der Waals surface area contributed by atoms with Crippen LogP contribution < -0.4 is 5.32 Å². The van der Waals surface area contributed by atoms with Crippen LogP contribution in [-0.4, -0.2) is 19.0 Å². The Morgan fingerprint density at radius 1 is 1.25 bits per heavy atom. The first-order valence-corrected chi connectivity index (χ1v) is 9.34. The van der Waals surface area contributed by atoms with Gasteiger partial charge < -0.3 is 14.5 Å². The van der Waals surface area contributed by atoms with Crippen LogP contribution in [-0.2, 0) is 4.74 Å². The molecule has 8 heteroatoms. The third kappa shape index (κ3) is 3.65. The quantitative estimate of drug-likeness (QED) is 0.593. The highest BCUT2D eigenvalue weighted by molar-refractivity contribution is 7.18. The Kier molecular flexibility index (Phi) is 5.54. The standard InChI is InChI=1S/C20H15ClN2O4S/c1-10-4-5-12(8-14(10)21)15-6-7-16(27-15)18(24)23-19-13(9-22)11(2)17(28-19)20(25)26-3/h4-8H,1-3H3,(H,23,24). The lowest BCUT2D eigenvalue weighted by molar-refractivity contribution is 0.0605. The van der Waals surface area contributed by atoms with Crippen LogP contribution in [0.5, 0.6) is 0 Å². The molecule has 0 unspecified atom stereocenters. The van der Waals surface area contributed by atoms with Gasteiger partial charge in [-0.2, -0.15) is 5.26 Å². The van der Waals surface area contributed by atoms with E-state index in [0.29, 0.717) is 16.3 Å². The highest BCUT2D eigenvalue weighted by Gasteiger charge is 2.23. The monoisotopic (exact) mass is 414 g/mol. The number of carbonyl (C=O) groups excluding carboxylic acids is 2. The van der Waals surface area contributed by atoms with Crippen molar-refractivity contribution in [1.82, 2.24) is 0 Å². The van der Waals surface area contributed by atoms with Crippen LogP contribution in [0.25, 0.3) is 11.3 Å². The Hall–Kier alpha value is -3.08. The first-order valence-electron chi connectivity index (χ1n) is 8.15. The molecule has 0 aliphatic heterocycles. The lowest BCUT2D eigenvalue weighted by Gasteiger charge is -2.02. The maximum Gasteiger partial charge on any atom is 0.348 e. The summed E-state index contributed by atoms with van der Waals surface area (Å²) in [5, 5.41) is 12.9. The van der Waals surface area contributed by atoms with Crippen molar-refractivity contribution in [1.29, 1.82) is 5.26 Å². The van der Waals surface area contributed by atoms with E-state index in [4.69, 9.17) is 20.8 Å². The summed E-state index contributed by atoms with van der Waals surface area (Å²) < 4.78 is 10.3. The van der Waals surface area contributed by atoms with E-state index in [9.17, 15) is 14.9 Å². The minimum atomic E-state index is -0.559. The first-order chi connectivity index (χ1) is 13.3. The summed E-state index contributed by atoms with van der Waals surface area (Å²) in [6.45, 7) is 3.52. The van der Waals surface area contributed by atoms with Gasteiger partial charge in [0.05, 0.1) is 12.7 Å². The molecular formula is C20H15ClN2O4S. The Labute approximate surface area is 170 Å². The molecule has 3 aromatic rings. The predicted octanol–water partition coefficient (Wildman–Crippen LogP) is 5.19. The van der Waals surface area contributed by atoms with Gasteiger partial charge in [-0.1, -0.05) is 23.7 Å². The second-order valence-electron chi connectivity index (χ2n) is 5.95. The molecule has 28 heavy (non-hydrogen) atoms. The van der Waals surface area contributed by atoms with E-state index in [1.165, 1.54) is 13.2 Å². The summed E-state index contributed by atoms with van der Waals surface area (Å²) in [5.74, 6) is -0.527. The highest BCUT2D eigenvalue weighted by Crippen LogP contribution is 2.34. The average Bonchev–Trinajstić information content (AvgIpc) is 3.28. The van der Waals surface area contributed by atoms with Crippen molar-refractivity contribution in [3.63, 3.8) is 0 Å². The largest absolute Gasteiger partial charge is 0.465 e. The third-order valence-corrected chi connectivity index (χ3v) is 5.74. The van der Waals surface area contributed by atoms with Gasteiger partial charge in [0.25, 0.3) is 5.91 Å². The van der Waals surface area contributed by atoms with Crippen LogP contribution in [0, 0.1) is 25.2 Å². The van der Waals surface area contributed by atoms with Gasteiger partial charge in [0, 0.05) is 10.6 Å². The van der Waals surface area contributed by atoms with Crippen molar-refractivity contribution < 1.29 is 18.7 Å². The lowest BCUT2D eigenvalue weighted by Crippen LogP contribution is -2.10. The van der Waals surface area contributed by atoms with Crippen LogP contribution in [0.15, 0.2) is 34.7 Å². The highest BCUT2D eigenvalue weighted by atomic mass is 35.5. The molecule has 0 fully saturated rings. The molecule has 1 aromatic carbocycles. The van der Waals surface area contributed by atoms with E-state index in [0.717, 1.165) is 22.5 Å². The fourth-order valence-electron chi connectivity index (χ4n) is 2.55. The Morgan fingerprint density at radius 2 is 2.00 bits per heavy atom. The fraction of sp³-hybridized carbons (Fsp3) is 0.150. The molecule has 1 N–H and O–H groups in total. The van der Waals surface area contributed by atoms with Crippen LogP contribution >= 0.6 is 22.9 Å². The maximum absolute atomic E-state index is 12.6. The number of furan rings is 1. The number of halogens is 1. The SMILES string of the molecule is COC(=O)c1sc(NC(=O)c2ccc(-c3ccc(C)c(Cl)c3)o2)c(C#N)c1C. The number of hydrogen-bond donors (Lipinski definition) is 1. The molecule has 142 valence electrons. The van der Waals surface area contributed by atoms with E-state index < -0.39 is 11.9 Å². The molecule has 0 atom stereocenters. The number of carbonyl (C=O) groups is 2. The fourth-order valence-corrected chi connectivity index (χ4v) is 3.80. The third-order valence-electron chi connectivity index (χ3n) is 4.14. The Morgan fingerprint density at radius 3 is 2.64 bits per heavy atom. The number of aryl methyl sites for hydroxylation is 1. The van der Waals surface area contributed by atoms with Gasteiger partial charge in [-0.3, -0.25) is 4.79 Å². The number of hydrogen-bond acceptors (Lipinski definition) is 6. The van der Waals surface area contributed by atoms with Crippen molar-refractivity contribution in [3.8, 4) is 17.4 Å². The Balaban J connectivity index is 1.87. The van der Waals surface area contributed by atoms with Gasteiger partial charge in [0.15, 0.2) is 5.76 Å². The van der Waals surface area contributed by atoms with Gasteiger partial charge in [-0.15, -0.1) is 11.3 Å². The topological polar surface area (TPSA) is 92.3 Å². The second-order valence-corrected chi connectivity index (χ2v) is 7.37. The number of nitriles is 1. The summed E-state index contributed by atoms with van der Waals surface area (Å²) in [6.07, 6.45) is 0. The van der Waals surface area contributed by atoms with E-state index >= 15 is 0 Å². The minimum absolute atomic E-state index is 0.0706. The number of anilines is 1. The molecule has 0 saturated carbocycles. The molecular weight excluding hydrogens is 400 g/mol. The zero-order chi connectivity index (χ0) is 20.4. The van der Waals surface area contributed by atoms with Crippen molar-refractivity contribution in [2.24, 2.45) is 0 Å². The van der Waals surface area contributed by atoms with Crippen LogP contribution in [0.1, 0.15) is 36.9 Å². The molecule has 3 rings (SSSR count). The summed E-state index contributed by atoms with van der Waals surface area (Å²) >= 11 is 7.13. The lowest BCUT2D eigenvalue weighted by atomic mass is 10.1. The van der Waals surface area contributed by atoms with Gasteiger partial charge >= 0.3 is 5.97 Å². The molecule has 2 heterocycles. The van der Waals surface area contributed by atoms with Crippen molar-refractivity contribution >= 4 is 39.8 Å². The zero-order valence-corrected chi connectivity index (χ0v) is 16.8. The van der Waals surface area contributed by atoms with Crippen molar-refractivity contribution in [2.45, 2.75) is 13.8 Å². The number of esters is 1. The number of amides is 1. The number of thiophene rings is 1. The minimum Gasteiger partial charge on any atom is -0.465 e. The summed E-state index contributed by atoms with van der Waals surface area (Å²) in [6, 6.07) is 10.7. The van der Waals surface area contributed by atoms with Crippen LogP contribution in [0.3, 0.4) is 0 Å². The number of benzene rings is 1. The molecule has 2 aromatic heterocycles. The number of rotatable bonds is 4. The van der Waals surface area contributed by atoms with E-state index in [1.54, 1.807) is 19.1 Å². The molecule has 0 saturated heterocycles. The number of nitrogens with zero attached hydrogens (tertiary/aromatic N) is 1. The summed E-state index contributed by atoms with van der Waals surface area (Å²) in [5.41, 5.74) is 2.36. The predicted molar refractivity (Wildman–Crippen MR) is 107 cm³/mol. The molecule has 0 aliphatic rings. The van der Waals surface area contributed by atoms with Gasteiger partial charge in [-0.05, 0) is 43.2 Å². The average molecular weight is 415 g/mol. The van der Waals surface area contributed by atoms with E-state index in [-0.39, 0.29) is 21.2 Å². The first kappa shape index (κ1) is 19.7. The maximum atomic E-state index is 12.6. The molecule has 6 nitrogen and oxygen atoms in total. The molecule has 0 bridgehead atoms. The summed E-state index contributed by atoms with van der Waals surface area (Å²) in [4.78, 5) is 24.6. The van der Waals surface area contributed by atoms with Crippen molar-refractivity contribution in [3.05, 3.63) is 62.7 Å². The normalized spacial score (nSPS) is 10.4. The van der Waals surface area contributed by atoms with Gasteiger partial charge in [0.1, 0.15) is 21.7 Å². The van der Waals surface area contributed by atoms with Crippen LogP contribution in [0.2, 0.25) is 5.02 Å². The zero-order valence-electron chi connectivity index (χ0n) is 15.3. The number of nitrogens with one attached hydrogen (secondary N) is 1. The van der Waals surface area contributed by atoms with Crippen molar-refractivity contribution in [2.75, 3.05) is 12.4 Å². The smallest absolute Gasteiger partial charge is 0.348 e.